The lowest BCUT2D eigenvalue weighted by atomic mass is 9.97. The highest BCUT2D eigenvalue weighted by Gasteiger charge is 2.16. The largest absolute Gasteiger partial charge is 0.310 e. The minimum atomic E-state index is -0.222. The van der Waals surface area contributed by atoms with Crippen LogP contribution >= 0.6 is 15.9 Å². The van der Waals surface area contributed by atoms with Gasteiger partial charge in [-0.1, -0.05) is 19.1 Å². The first-order valence-electron chi connectivity index (χ1n) is 6.70. The minimum absolute atomic E-state index is 0.131. The molecule has 1 N–H and O–H groups in total. The van der Waals surface area contributed by atoms with Crippen molar-refractivity contribution in [3.8, 4) is 0 Å². The van der Waals surface area contributed by atoms with Gasteiger partial charge in [0, 0.05) is 18.4 Å². The van der Waals surface area contributed by atoms with Crippen LogP contribution in [0.2, 0.25) is 0 Å². The molecule has 0 spiro atoms. The number of nitrogens with zero attached hydrogens (tertiary/aromatic N) is 1. The summed E-state index contributed by atoms with van der Waals surface area (Å²) in [6, 6.07) is 7.29. The monoisotopic (exact) mass is 336 g/mol. The Morgan fingerprint density at radius 1 is 1.35 bits per heavy atom. The van der Waals surface area contributed by atoms with Crippen LogP contribution in [0.1, 0.15) is 29.7 Å². The van der Waals surface area contributed by atoms with E-state index in [4.69, 9.17) is 0 Å². The molecule has 1 heterocycles. The third-order valence-corrected chi connectivity index (χ3v) is 4.25. The lowest BCUT2D eigenvalue weighted by Crippen LogP contribution is -2.24. The van der Waals surface area contributed by atoms with Crippen LogP contribution in [0.15, 0.2) is 41.1 Å². The van der Waals surface area contributed by atoms with Crippen molar-refractivity contribution in [3.05, 3.63) is 63.6 Å². The highest BCUT2D eigenvalue weighted by molar-refractivity contribution is 9.10. The second kappa shape index (κ2) is 6.95. The van der Waals surface area contributed by atoms with Gasteiger partial charge in [0.1, 0.15) is 5.82 Å². The molecule has 106 valence electrons. The Morgan fingerprint density at radius 3 is 2.85 bits per heavy atom. The molecule has 4 heteroatoms. The number of benzene rings is 1. The fourth-order valence-electron chi connectivity index (χ4n) is 2.31. The van der Waals surface area contributed by atoms with Gasteiger partial charge in [-0.3, -0.25) is 4.98 Å². The molecular weight excluding hydrogens is 319 g/mol. The molecule has 2 rings (SSSR count). The quantitative estimate of drug-likeness (QED) is 0.885. The van der Waals surface area contributed by atoms with E-state index >= 15 is 0 Å². The van der Waals surface area contributed by atoms with Crippen molar-refractivity contribution in [1.82, 2.24) is 10.3 Å². The fraction of sp³-hybridized carbons (Fsp3) is 0.312. The maximum absolute atomic E-state index is 13.6. The summed E-state index contributed by atoms with van der Waals surface area (Å²) in [4.78, 5) is 4.20. The number of likely N-dealkylation sites (N-methyl/N-ethyl adjacent to an activating group) is 1. The number of pyridine rings is 1. The molecule has 0 amide bonds. The molecule has 2 nitrogen and oxygen atoms in total. The summed E-state index contributed by atoms with van der Waals surface area (Å²) < 4.78 is 14.2. The highest BCUT2D eigenvalue weighted by Crippen LogP contribution is 2.27. The maximum atomic E-state index is 13.6. The van der Waals surface area contributed by atoms with Crippen molar-refractivity contribution in [3.63, 3.8) is 0 Å². The summed E-state index contributed by atoms with van der Waals surface area (Å²) in [5.41, 5.74) is 3.31. The Kier molecular flexibility index (Phi) is 5.26. The Morgan fingerprint density at radius 2 is 2.15 bits per heavy atom. The number of nitrogens with one attached hydrogen (secondary N) is 1. The van der Waals surface area contributed by atoms with E-state index in [2.05, 4.69) is 40.1 Å². The van der Waals surface area contributed by atoms with E-state index in [9.17, 15) is 4.39 Å². The second-order valence-corrected chi connectivity index (χ2v) is 5.55. The SMILES string of the molecule is CCNC(Cc1cccc(F)c1Br)c1cnccc1C. The highest BCUT2D eigenvalue weighted by atomic mass is 79.9. The van der Waals surface area contributed by atoms with Gasteiger partial charge >= 0.3 is 0 Å². The predicted octanol–water partition coefficient (Wildman–Crippen LogP) is 4.18. The zero-order chi connectivity index (χ0) is 14.5. The van der Waals surface area contributed by atoms with Crippen LogP contribution in [0.4, 0.5) is 4.39 Å². The summed E-state index contributed by atoms with van der Waals surface area (Å²) >= 11 is 3.33. The van der Waals surface area contributed by atoms with Gasteiger partial charge in [-0.2, -0.15) is 0 Å². The third kappa shape index (κ3) is 3.44. The minimum Gasteiger partial charge on any atom is -0.310 e. The molecular formula is C16H18BrFN2. The summed E-state index contributed by atoms with van der Waals surface area (Å²) in [7, 11) is 0. The summed E-state index contributed by atoms with van der Waals surface area (Å²) in [6.07, 6.45) is 4.40. The number of aryl methyl sites for hydroxylation is 1. The Balaban J connectivity index is 2.31. The maximum Gasteiger partial charge on any atom is 0.137 e. The molecule has 0 aliphatic heterocycles. The van der Waals surface area contributed by atoms with Gasteiger partial charge in [0.2, 0.25) is 0 Å². The number of halogens is 2. The van der Waals surface area contributed by atoms with Gasteiger partial charge < -0.3 is 5.32 Å². The third-order valence-electron chi connectivity index (χ3n) is 3.36. The Bertz CT molecular complexity index is 586. The molecule has 0 bridgehead atoms. The number of rotatable bonds is 5. The zero-order valence-corrected chi connectivity index (χ0v) is 13.2. The Hall–Kier alpha value is -1.26. The first kappa shape index (κ1) is 15.1. The average molecular weight is 337 g/mol. The summed E-state index contributed by atoms with van der Waals surface area (Å²) in [5, 5.41) is 3.45. The van der Waals surface area contributed by atoms with Crippen LogP contribution in [-0.4, -0.2) is 11.5 Å². The second-order valence-electron chi connectivity index (χ2n) is 4.76. The van der Waals surface area contributed by atoms with Crippen LogP contribution in [0.25, 0.3) is 0 Å². The molecule has 0 fully saturated rings. The number of hydrogen-bond acceptors (Lipinski definition) is 2. The van der Waals surface area contributed by atoms with E-state index in [0.717, 1.165) is 24.1 Å². The van der Waals surface area contributed by atoms with E-state index in [1.807, 2.05) is 18.3 Å². The molecule has 1 aromatic carbocycles. The van der Waals surface area contributed by atoms with E-state index in [1.165, 1.54) is 11.6 Å². The van der Waals surface area contributed by atoms with E-state index in [1.54, 1.807) is 12.3 Å². The standard InChI is InChI=1S/C16H18BrFN2/c1-3-20-15(13-10-19-8-7-11(13)2)9-12-5-4-6-14(18)16(12)17/h4-8,10,15,20H,3,9H2,1-2H3. The van der Waals surface area contributed by atoms with Crippen LogP contribution in [-0.2, 0) is 6.42 Å². The number of aromatic nitrogens is 1. The van der Waals surface area contributed by atoms with Gasteiger partial charge in [-0.15, -0.1) is 0 Å². The molecule has 0 radical (unpaired) electrons. The molecule has 0 aliphatic rings. The first-order valence-corrected chi connectivity index (χ1v) is 7.49. The average Bonchev–Trinajstić information content (AvgIpc) is 2.44. The van der Waals surface area contributed by atoms with Gasteiger partial charge in [-0.25, -0.2) is 4.39 Å². The Labute approximate surface area is 127 Å². The molecule has 0 saturated heterocycles. The molecule has 0 aliphatic carbocycles. The van der Waals surface area contributed by atoms with Crippen LogP contribution < -0.4 is 5.32 Å². The van der Waals surface area contributed by atoms with E-state index in [-0.39, 0.29) is 11.9 Å². The first-order chi connectivity index (χ1) is 9.63. The van der Waals surface area contributed by atoms with Crippen molar-refractivity contribution in [2.24, 2.45) is 0 Å². The van der Waals surface area contributed by atoms with E-state index in [0.29, 0.717) is 4.47 Å². The van der Waals surface area contributed by atoms with Crippen LogP contribution in [0, 0.1) is 12.7 Å². The lowest BCUT2D eigenvalue weighted by molar-refractivity contribution is 0.541. The van der Waals surface area contributed by atoms with E-state index < -0.39 is 0 Å². The molecule has 1 aromatic heterocycles. The van der Waals surface area contributed by atoms with Crippen LogP contribution in [0.5, 0.6) is 0 Å². The molecule has 1 unspecified atom stereocenters. The topological polar surface area (TPSA) is 24.9 Å². The zero-order valence-electron chi connectivity index (χ0n) is 11.7. The molecule has 20 heavy (non-hydrogen) atoms. The molecule has 2 aromatic rings. The van der Waals surface area contributed by atoms with Crippen LogP contribution in [0.3, 0.4) is 0 Å². The number of hydrogen-bond donors (Lipinski definition) is 1. The lowest BCUT2D eigenvalue weighted by Gasteiger charge is -2.20. The normalized spacial score (nSPS) is 12.4. The van der Waals surface area contributed by atoms with Crippen molar-refractivity contribution >= 4 is 15.9 Å². The predicted molar refractivity (Wildman–Crippen MR) is 83.2 cm³/mol. The fourth-order valence-corrected chi connectivity index (χ4v) is 2.73. The van der Waals surface area contributed by atoms with Gasteiger partial charge in [-0.05, 0) is 64.6 Å². The molecule has 1 atom stereocenters. The van der Waals surface area contributed by atoms with Gasteiger partial charge in [0.25, 0.3) is 0 Å². The molecule has 0 saturated carbocycles. The summed E-state index contributed by atoms with van der Waals surface area (Å²) in [5.74, 6) is -0.222. The van der Waals surface area contributed by atoms with Crippen molar-refractivity contribution in [1.29, 1.82) is 0 Å². The van der Waals surface area contributed by atoms with Crippen molar-refractivity contribution in [2.45, 2.75) is 26.3 Å². The summed E-state index contributed by atoms with van der Waals surface area (Å²) in [6.45, 7) is 4.99. The van der Waals surface area contributed by atoms with Gasteiger partial charge in [0.05, 0.1) is 4.47 Å². The van der Waals surface area contributed by atoms with Crippen molar-refractivity contribution < 1.29 is 4.39 Å². The van der Waals surface area contributed by atoms with Gasteiger partial charge in [0.15, 0.2) is 0 Å². The smallest absolute Gasteiger partial charge is 0.137 e. The van der Waals surface area contributed by atoms with Crippen molar-refractivity contribution in [2.75, 3.05) is 6.54 Å².